The molecule has 1 aliphatic rings. The van der Waals surface area contributed by atoms with Gasteiger partial charge in [0.1, 0.15) is 11.6 Å². The number of rotatable bonds is 4. The van der Waals surface area contributed by atoms with Crippen LogP contribution in [-0.2, 0) is 0 Å². The van der Waals surface area contributed by atoms with E-state index in [9.17, 15) is 19.4 Å². The number of aliphatic hydroxyl groups is 1. The van der Waals surface area contributed by atoms with E-state index in [-0.39, 0.29) is 21.8 Å². The molecule has 0 aliphatic carbocycles. The second-order valence-corrected chi connectivity index (χ2v) is 11.4. The molecule has 0 saturated carbocycles. The second kappa shape index (κ2) is 9.57. The van der Waals surface area contributed by atoms with Gasteiger partial charge in [-0.3, -0.25) is 9.55 Å². The lowest BCUT2D eigenvalue weighted by atomic mass is 9.71. The first-order valence-electron chi connectivity index (χ1n) is 12.6. The minimum Gasteiger partial charge on any atom is -0.507 e. The molecule has 1 fully saturated rings. The zero-order chi connectivity index (χ0) is 28.3. The Morgan fingerprint density at radius 1 is 1.05 bits per heavy atom. The number of phenols is 1. The van der Waals surface area contributed by atoms with Crippen LogP contribution in [0, 0.1) is 18.2 Å². The summed E-state index contributed by atoms with van der Waals surface area (Å²) in [5.41, 5.74) is 2.03. The average Bonchev–Trinajstić information content (AvgIpc) is 3.20. The second-order valence-electron chi connectivity index (χ2n) is 11.0. The van der Waals surface area contributed by atoms with E-state index in [1.54, 1.807) is 24.4 Å². The number of pyridine rings is 1. The zero-order valence-corrected chi connectivity index (χ0v) is 23.0. The normalized spacial score (nSPS) is 18.9. The van der Waals surface area contributed by atoms with E-state index < -0.39 is 17.1 Å². The maximum absolute atomic E-state index is 14.9. The van der Waals surface area contributed by atoms with Gasteiger partial charge in [-0.25, -0.2) is 9.18 Å². The van der Waals surface area contributed by atoms with Crippen molar-refractivity contribution in [3.63, 3.8) is 0 Å². The van der Waals surface area contributed by atoms with Crippen molar-refractivity contribution >= 4 is 25.3 Å². The van der Waals surface area contributed by atoms with Gasteiger partial charge in [-0.15, -0.1) is 0 Å². The van der Waals surface area contributed by atoms with Crippen LogP contribution in [0.4, 0.5) is 10.1 Å². The van der Waals surface area contributed by atoms with Crippen molar-refractivity contribution in [2.24, 2.45) is 5.41 Å². The van der Waals surface area contributed by atoms with Gasteiger partial charge < -0.3 is 19.6 Å². The Hall–Kier alpha value is -3.56. The lowest BCUT2D eigenvalue weighted by Gasteiger charge is -2.49. The van der Waals surface area contributed by atoms with E-state index in [0.29, 0.717) is 41.9 Å². The van der Waals surface area contributed by atoms with Crippen LogP contribution in [-0.4, -0.2) is 50.9 Å². The third-order valence-corrected chi connectivity index (χ3v) is 8.32. The molecule has 200 valence electrons. The maximum atomic E-state index is 14.9. The highest BCUT2D eigenvalue weighted by atomic mass is 35.5. The first kappa shape index (κ1) is 27.0. The molecule has 0 unspecified atom stereocenters. The molecular weight excluding hydrogens is 518 g/mol. The Labute approximate surface area is 232 Å². The zero-order valence-electron chi connectivity index (χ0n) is 22.2. The number of anilines is 1. The molecule has 1 saturated heterocycles. The van der Waals surface area contributed by atoms with Crippen LogP contribution in [0.2, 0.25) is 5.02 Å². The first-order valence-corrected chi connectivity index (χ1v) is 13.0. The molecule has 4 aromatic rings. The Kier molecular flexibility index (Phi) is 6.63. The highest BCUT2D eigenvalue weighted by Gasteiger charge is 2.44. The van der Waals surface area contributed by atoms with E-state index in [1.165, 1.54) is 29.1 Å². The summed E-state index contributed by atoms with van der Waals surface area (Å²) in [7, 11) is 5.60. The number of aromatic hydroxyl groups is 1. The third kappa shape index (κ3) is 4.74. The van der Waals surface area contributed by atoms with Crippen LogP contribution >= 0.6 is 11.6 Å². The molecular formula is C29H29BClFN4O3. The summed E-state index contributed by atoms with van der Waals surface area (Å²) in [5, 5.41) is 22.4. The molecule has 3 heterocycles. The molecule has 2 aromatic heterocycles. The summed E-state index contributed by atoms with van der Waals surface area (Å²) in [4.78, 5) is 19.0. The number of hydrogen-bond acceptors (Lipinski definition) is 5. The van der Waals surface area contributed by atoms with Crippen LogP contribution < -0.4 is 10.6 Å². The van der Waals surface area contributed by atoms with Crippen molar-refractivity contribution in [2.75, 3.05) is 18.0 Å². The Morgan fingerprint density at radius 3 is 2.36 bits per heavy atom. The van der Waals surface area contributed by atoms with Gasteiger partial charge in [-0.2, -0.15) is 0 Å². The molecule has 2 radical (unpaired) electrons. The van der Waals surface area contributed by atoms with E-state index in [0.717, 1.165) is 15.9 Å². The number of benzene rings is 2. The van der Waals surface area contributed by atoms with Crippen LogP contribution in [0.25, 0.3) is 27.9 Å². The quantitative estimate of drug-likeness (QED) is 0.348. The molecule has 2 aromatic carbocycles. The summed E-state index contributed by atoms with van der Waals surface area (Å²) in [5.74, 6) is -0.657. The minimum atomic E-state index is -0.795. The van der Waals surface area contributed by atoms with E-state index >= 15 is 0 Å². The molecule has 10 heteroatoms. The number of piperidine rings is 1. The third-order valence-electron chi connectivity index (χ3n) is 8.02. The Morgan fingerprint density at radius 2 is 1.74 bits per heavy atom. The summed E-state index contributed by atoms with van der Waals surface area (Å²) in [6.07, 6.45) is 5.11. The molecule has 0 bridgehead atoms. The minimum absolute atomic E-state index is 0.121. The van der Waals surface area contributed by atoms with E-state index in [2.05, 4.69) is 9.88 Å². The van der Waals surface area contributed by atoms with Gasteiger partial charge in [0.25, 0.3) is 0 Å². The summed E-state index contributed by atoms with van der Waals surface area (Å²) >= 11 is 6.49. The number of nitrogens with zero attached hydrogens (tertiary/aromatic N) is 4. The van der Waals surface area contributed by atoms with Gasteiger partial charge in [0.05, 0.1) is 27.7 Å². The summed E-state index contributed by atoms with van der Waals surface area (Å²) in [6.45, 7) is 9.11. The van der Waals surface area contributed by atoms with Crippen molar-refractivity contribution in [1.29, 1.82) is 0 Å². The molecule has 1 aliphatic heterocycles. The van der Waals surface area contributed by atoms with Gasteiger partial charge >= 0.3 is 5.69 Å². The Balaban J connectivity index is 1.55. The maximum Gasteiger partial charge on any atom is 0.319 e. The number of phenolic OH excluding ortho intramolecular Hbond substituents is 1. The van der Waals surface area contributed by atoms with Gasteiger partial charge in [0, 0.05) is 53.8 Å². The van der Waals surface area contributed by atoms with Crippen molar-refractivity contribution in [2.45, 2.75) is 39.7 Å². The van der Waals surface area contributed by atoms with E-state index in [1.807, 2.05) is 33.8 Å². The molecule has 7 nitrogen and oxygen atoms in total. The topological polar surface area (TPSA) is 83.5 Å². The number of imidazole rings is 1. The average molecular weight is 547 g/mol. The Bertz CT molecular complexity index is 1650. The fourth-order valence-corrected chi connectivity index (χ4v) is 5.37. The van der Waals surface area contributed by atoms with Crippen LogP contribution in [0.5, 0.6) is 5.75 Å². The smallest absolute Gasteiger partial charge is 0.319 e. The summed E-state index contributed by atoms with van der Waals surface area (Å²) in [6, 6.07) is 9.25. The molecule has 2 N–H and O–H groups in total. The lowest BCUT2D eigenvalue weighted by molar-refractivity contribution is -0.0649. The number of aromatic nitrogens is 3. The van der Waals surface area contributed by atoms with E-state index in [4.69, 9.17) is 19.6 Å². The van der Waals surface area contributed by atoms with Crippen LogP contribution in [0.1, 0.15) is 32.9 Å². The predicted molar refractivity (Wildman–Crippen MR) is 152 cm³/mol. The fraction of sp³-hybridized carbons (Fsp3) is 0.310. The highest BCUT2D eigenvalue weighted by molar-refractivity contribution is 6.32. The highest BCUT2D eigenvalue weighted by Crippen LogP contribution is 2.43. The van der Waals surface area contributed by atoms with Crippen molar-refractivity contribution in [3.8, 4) is 33.7 Å². The number of aryl methyl sites for hydroxylation is 1. The fourth-order valence-electron chi connectivity index (χ4n) is 5.10. The van der Waals surface area contributed by atoms with Crippen molar-refractivity contribution in [3.05, 3.63) is 82.0 Å². The SMILES string of the molecule is [B]n1ccn(-c2ccc(-c3cc(F)cc(-c4cnc(C)c(N5CC[C@](C)(O)C(C)(C)C5)c4)c3O)cc2Cl)c1=O. The monoisotopic (exact) mass is 546 g/mol. The first-order chi connectivity index (χ1) is 18.3. The lowest BCUT2D eigenvalue weighted by Crippen LogP contribution is -2.56. The molecule has 5 rings (SSSR count). The molecule has 0 amide bonds. The van der Waals surface area contributed by atoms with Crippen molar-refractivity contribution < 1.29 is 14.6 Å². The van der Waals surface area contributed by atoms with Gasteiger partial charge in [-0.1, -0.05) is 31.5 Å². The standard InChI is InChI=1S/C29H29BClFN4O3/c1-17-25(34-8-7-29(4,39)28(2,3)16-34)12-19(15-33-17)22-14-20(32)13-21(26(22)37)18-5-6-24(23(31)11-18)35-9-10-36(30)27(35)38/h5-6,9-15,37,39H,7-8,16H2,1-4H3/t29-/m0/s1. The molecule has 39 heavy (non-hydrogen) atoms. The molecule has 1 atom stereocenters. The largest absolute Gasteiger partial charge is 0.507 e. The summed E-state index contributed by atoms with van der Waals surface area (Å²) < 4.78 is 17.2. The van der Waals surface area contributed by atoms with Crippen LogP contribution in [0.3, 0.4) is 0 Å². The predicted octanol–water partition coefficient (Wildman–Crippen LogP) is 5.09. The molecule has 0 spiro atoms. The van der Waals surface area contributed by atoms with Crippen molar-refractivity contribution in [1.82, 2.24) is 14.0 Å². The number of hydrogen-bond donors (Lipinski definition) is 2. The number of halogens is 2. The van der Waals surface area contributed by atoms with Crippen LogP contribution in [0.15, 0.2) is 59.8 Å². The van der Waals surface area contributed by atoms with Gasteiger partial charge in [0.2, 0.25) is 7.98 Å². The van der Waals surface area contributed by atoms with Gasteiger partial charge in [-0.05, 0) is 56.2 Å². The van der Waals surface area contributed by atoms with Gasteiger partial charge in [0.15, 0.2) is 0 Å².